The third-order valence-corrected chi connectivity index (χ3v) is 6.80. The predicted octanol–water partition coefficient (Wildman–Crippen LogP) is 2.32. The zero-order valence-corrected chi connectivity index (χ0v) is 18.4. The van der Waals surface area contributed by atoms with Gasteiger partial charge in [-0.15, -0.1) is 0 Å². The fourth-order valence-corrected chi connectivity index (χ4v) is 4.92. The molecule has 0 unspecified atom stereocenters. The molecule has 1 aliphatic carbocycles. The number of rotatable bonds is 6. The quantitative estimate of drug-likeness (QED) is 0.537. The molecule has 2 heterocycles. The number of imide groups is 1. The smallest absolute Gasteiger partial charge is 0.325 e. The van der Waals surface area contributed by atoms with Gasteiger partial charge in [-0.05, 0) is 44.4 Å². The van der Waals surface area contributed by atoms with Gasteiger partial charge in [-0.1, -0.05) is 12.8 Å². The fourth-order valence-electron chi connectivity index (χ4n) is 4.92. The van der Waals surface area contributed by atoms with Gasteiger partial charge in [-0.25, -0.2) is 9.18 Å². The molecule has 1 spiro atoms. The topological polar surface area (TPSA) is 90.0 Å². The summed E-state index contributed by atoms with van der Waals surface area (Å²) < 4.78 is 14.4. The van der Waals surface area contributed by atoms with Crippen LogP contribution in [0.2, 0.25) is 0 Å². The highest BCUT2D eigenvalue weighted by atomic mass is 19.1. The van der Waals surface area contributed by atoms with Crippen molar-refractivity contribution in [1.29, 1.82) is 0 Å². The number of urea groups is 1. The summed E-state index contributed by atoms with van der Waals surface area (Å²) >= 11 is 0. The Labute approximate surface area is 186 Å². The maximum atomic E-state index is 14.4. The van der Waals surface area contributed by atoms with Crippen molar-refractivity contribution in [3.05, 3.63) is 29.6 Å². The van der Waals surface area contributed by atoms with Crippen LogP contribution in [-0.4, -0.2) is 71.7 Å². The summed E-state index contributed by atoms with van der Waals surface area (Å²) in [6.07, 6.45) is 3.94. The van der Waals surface area contributed by atoms with Crippen LogP contribution in [0.15, 0.2) is 18.2 Å². The number of ketones is 1. The summed E-state index contributed by atoms with van der Waals surface area (Å²) in [6.45, 7) is 3.58. The Morgan fingerprint density at radius 1 is 1.09 bits per heavy atom. The summed E-state index contributed by atoms with van der Waals surface area (Å²) in [4.78, 5) is 53.8. The summed E-state index contributed by atoms with van der Waals surface area (Å²) in [5.41, 5.74) is 0.0561. The number of hydrogen-bond acceptors (Lipinski definition) is 5. The second-order valence-electron chi connectivity index (χ2n) is 8.87. The van der Waals surface area contributed by atoms with E-state index >= 15 is 0 Å². The first-order valence-corrected chi connectivity index (χ1v) is 11.3. The van der Waals surface area contributed by atoms with Gasteiger partial charge in [0.15, 0.2) is 5.78 Å². The normalized spacial score (nSPS) is 20.2. The average molecular weight is 445 g/mol. The average Bonchev–Trinajstić information content (AvgIpc) is 3.33. The minimum absolute atomic E-state index is 0.0281. The highest BCUT2D eigenvalue weighted by molar-refractivity contribution is 6.07. The van der Waals surface area contributed by atoms with Gasteiger partial charge in [0.2, 0.25) is 5.91 Å². The molecule has 1 N–H and O–H groups in total. The van der Waals surface area contributed by atoms with Crippen molar-refractivity contribution in [2.45, 2.75) is 51.0 Å². The molecule has 4 rings (SSSR count). The Morgan fingerprint density at radius 3 is 2.41 bits per heavy atom. The first-order chi connectivity index (χ1) is 15.3. The zero-order chi connectivity index (χ0) is 22.9. The van der Waals surface area contributed by atoms with Crippen LogP contribution in [0, 0.1) is 5.82 Å². The lowest BCUT2D eigenvalue weighted by Crippen LogP contribution is -2.49. The highest BCUT2D eigenvalue weighted by Crippen LogP contribution is 2.35. The van der Waals surface area contributed by atoms with E-state index < -0.39 is 11.4 Å². The Hall–Kier alpha value is -2.97. The summed E-state index contributed by atoms with van der Waals surface area (Å²) in [6, 6.07) is 4.12. The largest absolute Gasteiger partial charge is 0.366 e. The summed E-state index contributed by atoms with van der Waals surface area (Å²) in [5, 5.41) is 2.85. The van der Waals surface area contributed by atoms with Crippen LogP contribution in [0.4, 0.5) is 14.9 Å². The number of anilines is 1. The molecule has 0 aromatic heterocycles. The molecule has 8 nitrogen and oxygen atoms in total. The van der Waals surface area contributed by atoms with Crippen molar-refractivity contribution < 1.29 is 23.6 Å². The molecule has 2 saturated heterocycles. The van der Waals surface area contributed by atoms with Gasteiger partial charge in [-0.3, -0.25) is 19.3 Å². The van der Waals surface area contributed by atoms with Crippen molar-refractivity contribution in [3.8, 4) is 0 Å². The molecule has 3 aliphatic rings. The van der Waals surface area contributed by atoms with Crippen LogP contribution in [0.3, 0.4) is 0 Å². The summed E-state index contributed by atoms with van der Waals surface area (Å²) in [7, 11) is 0. The van der Waals surface area contributed by atoms with Gasteiger partial charge >= 0.3 is 6.03 Å². The first kappa shape index (κ1) is 22.2. The van der Waals surface area contributed by atoms with E-state index in [0.717, 1.165) is 12.8 Å². The third-order valence-electron chi connectivity index (χ3n) is 6.80. The van der Waals surface area contributed by atoms with E-state index in [1.807, 2.05) is 4.90 Å². The van der Waals surface area contributed by atoms with Crippen molar-refractivity contribution in [1.82, 2.24) is 15.1 Å². The molecule has 1 aromatic rings. The van der Waals surface area contributed by atoms with Crippen LogP contribution in [-0.2, 0) is 9.59 Å². The lowest BCUT2D eigenvalue weighted by atomic mass is 9.98. The van der Waals surface area contributed by atoms with Gasteiger partial charge < -0.3 is 15.1 Å². The Kier molecular flexibility index (Phi) is 6.17. The molecule has 1 saturated carbocycles. The van der Waals surface area contributed by atoms with Crippen molar-refractivity contribution in [2.75, 3.05) is 37.6 Å². The minimum Gasteiger partial charge on any atom is -0.366 e. The first-order valence-electron chi connectivity index (χ1n) is 11.3. The van der Waals surface area contributed by atoms with Crippen LogP contribution in [0.1, 0.15) is 55.8 Å². The van der Waals surface area contributed by atoms with E-state index in [0.29, 0.717) is 56.7 Å². The van der Waals surface area contributed by atoms with Crippen LogP contribution in [0.5, 0.6) is 0 Å². The summed E-state index contributed by atoms with van der Waals surface area (Å²) in [5.74, 6) is -0.804. The molecule has 0 bridgehead atoms. The highest BCUT2D eigenvalue weighted by Gasteiger charge is 2.52. The molecule has 0 radical (unpaired) electrons. The van der Waals surface area contributed by atoms with E-state index in [2.05, 4.69) is 5.32 Å². The van der Waals surface area contributed by atoms with Gasteiger partial charge in [0, 0.05) is 44.7 Å². The number of piperazine rings is 1. The molecule has 2 aliphatic heterocycles. The van der Waals surface area contributed by atoms with Crippen LogP contribution in [0.25, 0.3) is 0 Å². The van der Waals surface area contributed by atoms with E-state index in [1.54, 1.807) is 17.0 Å². The lowest BCUT2D eigenvalue weighted by molar-refractivity contribution is -0.133. The molecule has 172 valence electrons. The van der Waals surface area contributed by atoms with Gasteiger partial charge in [0.1, 0.15) is 11.4 Å². The Balaban J connectivity index is 1.24. The van der Waals surface area contributed by atoms with Crippen LogP contribution >= 0.6 is 0 Å². The van der Waals surface area contributed by atoms with Crippen LogP contribution < -0.4 is 10.2 Å². The van der Waals surface area contributed by atoms with E-state index in [1.165, 1.54) is 17.9 Å². The number of amides is 4. The van der Waals surface area contributed by atoms with Crippen molar-refractivity contribution in [3.63, 3.8) is 0 Å². The molecule has 3 fully saturated rings. The maximum absolute atomic E-state index is 14.4. The molecule has 32 heavy (non-hydrogen) atoms. The fraction of sp³-hybridized carbons (Fsp3) is 0.565. The maximum Gasteiger partial charge on any atom is 0.325 e. The molecular weight excluding hydrogens is 415 g/mol. The SMILES string of the molecule is CC(=O)c1ccc(N2CCN(C(=O)CCCN3C(=O)NC4(CCCC4)C3=O)CC2)c(F)c1. The number of carbonyl (C=O) groups is 4. The third kappa shape index (κ3) is 4.20. The number of benzene rings is 1. The van der Waals surface area contributed by atoms with Gasteiger partial charge in [-0.2, -0.15) is 0 Å². The number of nitrogens with one attached hydrogen (secondary N) is 1. The molecule has 1 aromatic carbocycles. The monoisotopic (exact) mass is 444 g/mol. The Bertz CT molecular complexity index is 936. The predicted molar refractivity (Wildman–Crippen MR) is 116 cm³/mol. The minimum atomic E-state index is -0.713. The standard InChI is InChI=1S/C23H29FN4O4/c1-16(29)17-6-7-19(18(24)15-17)26-11-13-27(14-12-26)20(30)5-4-10-28-21(31)23(25-22(28)32)8-2-3-9-23/h6-7,15H,2-5,8-14H2,1H3,(H,25,32). The molecular formula is C23H29FN4O4. The van der Waals surface area contributed by atoms with Gasteiger partial charge in [0.05, 0.1) is 5.69 Å². The van der Waals surface area contributed by atoms with Crippen molar-refractivity contribution in [2.24, 2.45) is 0 Å². The molecule has 0 atom stereocenters. The molecule has 9 heteroatoms. The second kappa shape index (κ2) is 8.88. The van der Waals surface area contributed by atoms with Gasteiger partial charge in [0.25, 0.3) is 5.91 Å². The Morgan fingerprint density at radius 2 is 1.78 bits per heavy atom. The number of carbonyl (C=O) groups excluding carboxylic acids is 4. The number of halogens is 1. The number of hydrogen-bond donors (Lipinski definition) is 1. The number of Topliss-reactive ketones (excluding diaryl/α,β-unsaturated/α-hetero) is 1. The van der Waals surface area contributed by atoms with Crippen molar-refractivity contribution >= 4 is 29.3 Å². The zero-order valence-electron chi connectivity index (χ0n) is 18.4. The van der Waals surface area contributed by atoms with E-state index in [4.69, 9.17) is 0 Å². The number of nitrogens with zero attached hydrogens (tertiary/aromatic N) is 3. The second-order valence-corrected chi connectivity index (χ2v) is 8.87. The van der Waals surface area contributed by atoms with E-state index in [9.17, 15) is 23.6 Å². The van der Waals surface area contributed by atoms with E-state index in [-0.39, 0.29) is 36.6 Å². The molecule has 4 amide bonds. The lowest BCUT2D eigenvalue weighted by Gasteiger charge is -2.36.